The van der Waals surface area contributed by atoms with Crippen LogP contribution < -0.4 is 0 Å². The smallest absolute Gasteiger partial charge is 0.269 e. The number of carbonyl (C=O) groups excluding carboxylic acids is 3. The number of benzene rings is 1. The summed E-state index contributed by atoms with van der Waals surface area (Å²) in [6.07, 6.45) is 5.16. The van der Waals surface area contributed by atoms with Crippen LogP contribution in [0.1, 0.15) is 16.8 Å². The Labute approximate surface area is 142 Å². The molecule has 6 rings (SSSR count). The van der Waals surface area contributed by atoms with Crippen molar-refractivity contribution in [1.82, 2.24) is 4.90 Å². The quantitative estimate of drug-likeness (QED) is 0.354. The number of nitro benzene ring substituents is 1. The Morgan fingerprint density at radius 2 is 1.52 bits per heavy atom. The molecule has 0 N–H and O–H groups in total. The van der Waals surface area contributed by atoms with E-state index in [9.17, 15) is 24.5 Å². The average molecular weight is 338 g/mol. The predicted octanol–water partition coefficient (Wildman–Crippen LogP) is 1.79. The maximum atomic E-state index is 12.8. The molecule has 25 heavy (non-hydrogen) atoms. The van der Waals surface area contributed by atoms with E-state index < -0.39 is 34.5 Å². The monoisotopic (exact) mass is 338 g/mol. The normalized spacial score (nSPS) is 37.0. The van der Waals surface area contributed by atoms with E-state index in [0.717, 1.165) is 11.3 Å². The number of non-ortho nitro benzene ring substituents is 1. The number of nitro groups is 1. The van der Waals surface area contributed by atoms with Crippen LogP contribution in [-0.4, -0.2) is 27.5 Å². The van der Waals surface area contributed by atoms with Crippen molar-refractivity contribution in [2.24, 2.45) is 35.5 Å². The third-order valence-corrected chi connectivity index (χ3v) is 6.19. The van der Waals surface area contributed by atoms with Crippen molar-refractivity contribution in [1.29, 1.82) is 0 Å². The number of nitrogens with zero attached hydrogens (tertiary/aromatic N) is 2. The molecule has 0 radical (unpaired) electrons. The molecule has 3 fully saturated rings. The Balaban J connectivity index is 1.47. The van der Waals surface area contributed by atoms with Crippen molar-refractivity contribution in [3.63, 3.8) is 0 Å². The largest absolute Gasteiger partial charge is 0.274 e. The van der Waals surface area contributed by atoms with Gasteiger partial charge in [0.2, 0.25) is 11.8 Å². The van der Waals surface area contributed by atoms with Gasteiger partial charge in [-0.25, -0.2) is 4.90 Å². The first-order valence-corrected chi connectivity index (χ1v) is 8.34. The van der Waals surface area contributed by atoms with Gasteiger partial charge in [0.05, 0.1) is 16.8 Å². The first kappa shape index (κ1) is 14.5. The highest BCUT2D eigenvalue weighted by atomic mass is 16.6. The number of hydrogen-bond donors (Lipinski definition) is 0. The summed E-state index contributed by atoms with van der Waals surface area (Å²) < 4.78 is 0. The number of imide groups is 3. The minimum atomic E-state index is -0.688. The molecule has 4 aliphatic carbocycles. The zero-order valence-corrected chi connectivity index (χ0v) is 13.1. The molecular weight excluding hydrogens is 324 g/mol. The van der Waals surface area contributed by atoms with Crippen LogP contribution in [-0.2, 0) is 9.59 Å². The van der Waals surface area contributed by atoms with Gasteiger partial charge < -0.3 is 0 Å². The first-order valence-electron chi connectivity index (χ1n) is 8.34. The second kappa shape index (κ2) is 4.62. The summed E-state index contributed by atoms with van der Waals surface area (Å²) in [7, 11) is 0. The molecular formula is C18H14N2O5. The van der Waals surface area contributed by atoms with Gasteiger partial charge in [0, 0.05) is 17.7 Å². The van der Waals surface area contributed by atoms with Crippen molar-refractivity contribution in [3.8, 4) is 0 Å². The molecule has 1 aromatic carbocycles. The molecule has 2 saturated carbocycles. The summed E-state index contributed by atoms with van der Waals surface area (Å²) in [5.74, 6) is -1.29. The van der Waals surface area contributed by atoms with Gasteiger partial charge in [0.15, 0.2) is 0 Å². The van der Waals surface area contributed by atoms with Crippen LogP contribution in [0.5, 0.6) is 0 Å². The van der Waals surface area contributed by atoms with Crippen LogP contribution >= 0.6 is 0 Å². The van der Waals surface area contributed by atoms with Gasteiger partial charge in [-0.2, -0.15) is 0 Å². The third-order valence-electron chi connectivity index (χ3n) is 6.19. The molecule has 0 spiro atoms. The van der Waals surface area contributed by atoms with E-state index in [2.05, 4.69) is 0 Å². The second-order valence-electron chi connectivity index (χ2n) is 7.28. The zero-order chi connectivity index (χ0) is 17.5. The molecule has 0 aromatic heterocycles. The van der Waals surface area contributed by atoms with E-state index >= 15 is 0 Å². The number of likely N-dealkylation sites (tertiary alicyclic amines) is 1. The molecule has 5 aliphatic rings. The lowest BCUT2D eigenvalue weighted by atomic mass is 9.63. The summed E-state index contributed by atoms with van der Waals surface area (Å²) in [4.78, 5) is 49.3. The molecule has 1 saturated heterocycles. The fourth-order valence-electron chi connectivity index (χ4n) is 5.01. The summed E-state index contributed by atoms with van der Waals surface area (Å²) in [6.45, 7) is 0. The standard InChI is InChI=1S/C18H14N2O5/c21-16(8-1-3-9(4-2-8)20(24)25)19-17(22)14-10-5-6-11(13-7-12(10)13)15(14)18(19)23/h1-6,10-15H,7H2/t10-,11-,12-,13+,14-,15+/m0/s1. The van der Waals surface area contributed by atoms with E-state index in [-0.39, 0.29) is 23.1 Å². The summed E-state index contributed by atoms with van der Waals surface area (Å²) in [5, 5.41) is 10.7. The average Bonchev–Trinajstić information content (AvgIpc) is 3.39. The Morgan fingerprint density at radius 1 is 1.00 bits per heavy atom. The zero-order valence-electron chi connectivity index (χ0n) is 13.1. The lowest BCUT2D eigenvalue weighted by molar-refractivity contribution is -0.384. The van der Waals surface area contributed by atoms with Crippen LogP contribution in [0, 0.1) is 45.6 Å². The van der Waals surface area contributed by atoms with Crippen LogP contribution in [0.4, 0.5) is 5.69 Å². The molecule has 0 unspecified atom stereocenters. The maximum absolute atomic E-state index is 12.8. The molecule has 3 amide bonds. The van der Waals surface area contributed by atoms with Crippen LogP contribution in [0.15, 0.2) is 36.4 Å². The van der Waals surface area contributed by atoms with Crippen LogP contribution in [0.3, 0.4) is 0 Å². The molecule has 7 nitrogen and oxygen atoms in total. The van der Waals surface area contributed by atoms with Crippen molar-refractivity contribution >= 4 is 23.4 Å². The molecule has 1 heterocycles. The fourth-order valence-corrected chi connectivity index (χ4v) is 5.01. The van der Waals surface area contributed by atoms with Gasteiger partial charge in [-0.3, -0.25) is 24.5 Å². The highest BCUT2D eigenvalue weighted by Crippen LogP contribution is 2.65. The Bertz CT molecular complexity index is 838. The predicted molar refractivity (Wildman–Crippen MR) is 84.0 cm³/mol. The number of amides is 3. The second-order valence-corrected chi connectivity index (χ2v) is 7.28. The third kappa shape index (κ3) is 1.78. The lowest BCUT2D eigenvalue weighted by Crippen LogP contribution is -2.40. The number of hydrogen-bond acceptors (Lipinski definition) is 5. The van der Waals surface area contributed by atoms with Crippen LogP contribution in [0.25, 0.3) is 0 Å². The number of rotatable bonds is 2. The van der Waals surface area contributed by atoms with E-state index in [4.69, 9.17) is 0 Å². The summed E-state index contributed by atoms with van der Waals surface area (Å²) in [6, 6.07) is 4.97. The van der Waals surface area contributed by atoms with Gasteiger partial charge in [-0.1, -0.05) is 12.2 Å². The molecule has 6 atom stereocenters. The SMILES string of the molecule is O=C(c1ccc([N+](=O)[O-])cc1)N1C(=O)[C@@H]2[C@H]3C=C[C@@H]([C@@H]4C[C@H]34)[C@@H]2C1=O. The topological polar surface area (TPSA) is 97.6 Å². The molecule has 7 heteroatoms. The Kier molecular flexibility index (Phi) is 2.68. The molecule has 1 aromatic rings. The van der Waals surface area contributed by atoms with Crippen molar-refractivity contribution < 1.29 is 19.3 Å². The van der Waals surface area contributed by atoms with Crippen molar-refractivity contribution in [2.75, 3.05) is 0 Å². The van der Waals surface area contributed by atoms with Gasteiger partial charge in [-0.05, 0) is 42.2 Å². The summed E-state index contributed by atoms with van der Waals surface area (Å²) in [5.41, 5.74) is -0.0389. The van der Waals surface area contributed by atoms with E-state index in [1.807, 2.05) is 12.2 Å². The van der Waals surface area contributed by atoms with Gasteiger partial charge in [0.25, 0.3) is 11.6 Å². The first-order chi connectivity index (χ1) is 12.0. The fraction of sp³-hybridized carbons (Fsp3) is 0.389. The minimum absolute atomic E-state index is 0.0612. The van der Waals surface area contributed by atoms with Gasteiger partial charge >= 0.3 is 0 Å². The maximum Gasteiger partial charge on any atom is 0.269 e. The lowest BCUT2D eigenvalue weighted by Gasteiger charge is -2.37. The van der Waals surface area contributed by atoms with Crippen molar-refractivity contribution in [2.45, 2.75) is 6.42 Å². The Morgan fingerprint density at radius 3 is 2.00 bits per heavy atom. The highest BCUT2D eigenvalue weighted by Gasteiger charge is 2.67. The number of allylic oxidation sites excluding steroid dienone is 2. The Hall–Kier alpha value is -2.83. The van der Waals surface area contributed by atoms with Gasteiger partial charge in [0.1, 0.15) is 0 Å². The van der Waals surface area contributed by atoms with E-state index in [0.29, 0.717) is 11.8 Å². The molecule has 2 bridgehead atoms. The minimum Gasteiger partial charge on any atom is -0.274 e. The van der Waals surface area contributed by atoms with Gasteiger partial charge in [-0.15, -0.1) is 0 Å². The number of carbonyl (C=O) groups is 3. The summed E-state index contributed by atoms with van der Waals surface area (Å²) >= 11 is 0. The van der Waals surface area contributed by atoms with E-state index in [1.165, 1.54) is 24.3 Å². The van der Waals surface area contributed by atoms with Crippen LogP contribution in [0.2, 0.25) is 0 Å². The molecule has 1 aliphatic heterocycles. The molecule has 126 valence electrons. The van der Waals surface area contributed by atoms with E-state index in [1.54, 1.807) is 0 Å². The highest BCUT2D eigenvalue weighted by molar-refractivity contribution is 6.21. The van der Waals surface area contributed by atoms with Crippen molar-refractivity contribution in [3.05, 3.63) is 52.1 Å².